The van der Waals surface area contributed by atoms with Gasteiger partial charge in [0.05, 0.1) is 30.7 Å². The van der Waals surface area contributed by atoms with Gasteiger partial charge in [0, 0.05) is 11.8 Å². The second-order valence-electron chi connectivity index (χ2n) is 9.20. The van der Waals surface area contributed by atoms with Crippen molar-refractivity contribution in [2.75, 3.05) is 18.6 Å². The van der Waals surface area contributed by atoms with E-state index in [9.17, 15) is 14.0 Å². The highest BCUT2D eigenvalue weighted by Gasteiger charge is 2.44. The maximum absolute atomic E-state index is 14.0. The summed E-state index contributed by atoms with van der Waals surface area (Å²) in [5.74, 6) is 0.620. The van der Waals surface area contributed by atoms with Crippen LogP contribution in [0, 0.1) is 11.7 Å². The fourth-order valence-corrected chi connectivity index (χ4v) is 4.47. The van der Waals surface area contributed by atoms with Crippen LogP contribution >= 0.6 is 0 Å². The van der Waals surface area contributed by atoms with Crippen LogP contribution in [0.5, 0.6) is 11.5 Å². The van der Waals surface area contributed by atoms with Gasteiger partial charge in [-0.05, 0) is 60.4 Å². The second kappa shape index (κ2) is 9.49. The zero-order valence-electron chi connectivity index (χ0n) is 20.3. The smallest absolute Gasteiger partial charge is 0.295 e. The first kappa shape index (κ1) is 23.6. The van der Waals surface area contributed by atoms with Crippen LogP contribution in [0.4, 0.5) is 10.1 Å². The molecule has 3 aromatic carbocycles. The SMILES string of the molecule is COc1cccc(N2C(=O)c3oc4ccc(F)cc4c(=O)c3C2c2cccc(OCCC(C)C)c2)c1. The number of methoxy groups -OCH3 is 1. The Balaban J connectivity index is 1.69. The fraction of sp³-hybridized carbons (Fsp3) is 0.241. The lowest BCUT2D eigenvalue weighted by Crippen LogP contribution is -2.29. The molecule has 36 heavy (non-hydrogen) atoms. The van der Waals surface area contributed by atoms with E-state index in [4.69, 9.17) is 13.9 Å². The Morgan fingerprint density at radius 3 is 2.56 bits per heavy atom. The average Bonchev–Trinajstić information content (AvgIpc) is 3.17. The van der Waals surface area contributed by atoms with E-state index in [-0.39, 0.29) is 22.3 Å². The molecular weight excluding hydrogens is 461 g/mol. The van der Waals surface area contributed by atoms with Gasteiger partial charge in [-0.1, -0.05) is 32.0 Å². The molecule has 7 heteroatoms. The van der Waals surface area contributed by atoms with Gasteiger partial charge >= 0.3 is 0 Å². The van der Waals surface area contributed by atoms with Crippen LogP contribution in [-0.4, -0.2) is 19.6 Å². The molecule has 1 unspecified atom stereocenters. The Labute approximate surface area is 207 Å². The molecule has 0 fully saturated rings. The highest BCUT2D eigenvalue weighted by atomic mass is 19.1. The van der Waals surface area contributed by atoms with Gasteiger partial charge in [-0.25, -0.2) is 4.39 Å². The van der Waals surface area contributed by atoms with Crippen LogP contribution in [-0.2, 0) is 0 Å². The predicted molar refractivity (Wildman–Crippen MR) is 135 cm³/mol. The maximum atomic E-state index is 14.0. The molecule has 184 valence electrons. The van der Waals surface area contributed by atoms with Gasteiger partial charge in [0.15, 0.2) is 5.43 Å². The van der Waals surface area contributed by atoms with Gasteiger partial charge in [0.1, 0.15) is 22.9 Å². The third-order valence-corrected chi connectivity index (χ3v) is 6.30. The number of ether oxygens (including phenoxy) is 2. The summed E-state index contributed by atoms with van der Waals surface area (Å²) in [7, 11) is 1.54. The van der Waals surface area contributed by atoms with Crippen molar-refractivity contribution in [3.8, 4) is 11.5 Å². The third-order valence-electron chi connectivity index (χ3n) is 6.30. The Morgan fingerprint density at radius 2 is 1.78 bits per heavy atom. The van der Waals surface area contributed by atoms with E-state index in [0.29, 0.717) is 35.3 Å². The molecule has 0 bridgehead atoms. The minimum absolute atomic E-state index is 0.0574. The van der Waals surface area contributed by atoms with E-state index in [1.807, 2.05) is 24.3 Å². The summed E-state index contributed by atoms with van der Waals surface area (Å²) >= 11 is 0. The van der Waals surface area contributed by atoms with E-state index >= 15 is 0 Å². The number of hydrogen-bond acceptors (Lipinski definition) is 5. The van der Waals surface area contributed by atoms with E-state index in [0.717, 1.165) is 12.5 Å². The van der Waals surface area contributed by atoms with Crippen LogP contribution in [0.1, 0.15) is 48.0 Å². The van der Waals surface area contributed by atoms with Crippen molar-refractivity contribution in [3.63, 3.8) is 0 Å². The lowest BCUT2D eigenvalue weighted by Gasteiger charge is -2.26. The molecule has 1 aromatic heterocycles. The molecular formula is C29H26FNO5. The van der Waals surface area contributed by atoms with Gasteiger partial charge in [-0.15, -0.1) is 0 Å². The fourth-order valence-electron chi connectivity index (χ4n) is 4.47. The molecule has 2 heterocycles. The van der Waals surface area contributed by atoms with E-state index in [2.05, 4.69) is 13.8 Å². The number of anilines is 1. The van der Waals surface area contributed by atoms with Gasteiger partial charge in [0.25, 0.3) is 5.91 Å². The minimum atomic E-state index is -0.794. The molecule has 1 aliphatic heterocycles. The molecule has 4 aromatic rings. The predicted octanol–water partition coefficient (Wildman–Crippen LogP) is 6.12. The largest absolute Gasteiger partial charge is 0.497 e. The molecule has 1 amide bonds. The van der Waals surface area contributed by atoms with E-state index in [1.54, 1.807) is 31.4 Å². The van der Waals surface area contributed by atoms with Crippen molar-refractivity contribution in [3.05, 3.63) is 99.7 Å². The topological polar surface area (TPSA) is 69.0 Å². The summed E-state index contributed by atoms with van der Waals surface area (Å²) in [5, 5.41) is 0.0865. The lowest BCUT2D eigenvalue weighted by molar-refractivity contribution is 0.0971. The number of hydrogen-bond donors (Lipinski definition) is 0. The highest BCUT2D eigenvalue weighted by Crippen LogP contribution is 2.42. The number of halogens is 1. The quantitative estimate of drug-likeness (QED) is 0.314. The summed E-state index contributed by atoms with van der Waals surface area (Å²) in [6.07, 6.45) is 0.895. The normalized spacial score (nSPS) is 15.0. The van der Waals surface area contributed by atoms with Gasteiger partial charge < -0.3 is 13.9 Å². The molecule has 0 saturated heterocycles. The van der Waals surface area contributed by atoms with Crippen molar-refractivity contribution in [1.82, 2.24) is 0 Å². The summed E-state index contributed by atoms with van der Waals surface area (Å²) in [4.78, 5) is 28.9. The van der Waals surface area contributed by atoms with Crippen molar-refractivity contribution in [1.29, 1.82) is 0 Å². The number of rotatable bonds is 7. The first-order valence-corrected chi connectivity index (χ1v) is 11.8. The molecule has 0 spiro atoms. The number of benzene rings is 3. The first-order valence-electron chi connectivity index (χ1n) is 11.8. The molecule has 0 N–H and O–H groups in total. The minimum Gasteiger partial charge on any atom is -0.497 e. The summed E-state index contributed by atoms with van der Waals surface area (Å²) in [5.41, 5.74) is 1.10. The van der Waals surface area contributed by atoms with Crippen LogP contribution < -0.4 is 19.8 Å². The summed E-state index contributed by atoms with van der Waals surface area (Å²) in [6.45, 7) is 4.80. The van der Waals surface area contributed by atoms with Gasteiger partial charge in [-0.2, -0.15) is 0 Å². The van der Waals surface area contributed by atoms with Crippen LogP contribution in [0.15, 0.2) is 75.9 Å². The molecule has 1 aliphatic rings. The van der Waals surface area contributed by atoms with Crippen molar-refractivity contribution in [2.45, 2.75) is 26.3 Å². The zero-order chi connectivity index (χ0) is 25.4. The number of amides is 1. The standard InChI is InChI=1S/C29H26FNO5/c1-17(2)12-13-35-22-9-4-6-18(14-22)26-25-27(32)23-15-19(30)10-11-24(23)36-28(25)29(33)31(26)20-7-5-8-21(16-20)34-3/h4-11,14-17,26H,12-13H2,1-3H3. The second-order valence-corrected chi connectivity index (χ2v) is 9.20. The molecule has 1 atom stereocenters. The molecule has 0 radical (unpaired) electrons. The Bertz CT molecular complexity index is 1510. The summed E-state index contributed by atoms with van der Waals surface area (Å²) in [6, 6.07) is 17.3. The van der Waals surface area contributed by atoms with E-state index in [1.165, 1.54) is 17.0 Å². The van der Waals surface area contributed by atoms with Crippen molar-refractivity contribution >= 4 is 22.6 Å². The number of carbonyl (C=O) groups is 1. The van der Waals surface area contributed by atoms with Crippen LogP contribution in [0.25, 0.3) is 11.0 Å². The Morgan fingerprint density at radius 1 is 1.00 bits per heavy atom. The zero-order valence-corrected chi connectivity index (χ0v) is 20.3. The maximum Gasteiger partial charge on any atom is 0.295 e. The molecule has 5 rings (SSSR count). The highest BCUT2D eigenvalue weighted by molar-refractivity contribution is 6.10. The lowest BCUT2D eigenvalue weighted by atomic mass is 9.98. The number of nitrogens with zero attached hydrogens (tertiary/aromatic N) is 1. The molecule has 0 saturated carbocycles. The molecule has 6 nitrogen and oxygen atoms in total. The first-order chi connectivity index (χ1) is 17.4. The van der Waals surface area contributed by atoms with Crippen molar-refractivity contribution in [2.24, 2.45) is 5.92 Å². The third kappa shape index (κ3) is 4.21. The average molecular weight is 488 g/mol. The monoisotopic (exact) mass is 487 g/mol. The Hall–Kier alpha value is -4.13. The van der Waals surface area contributed by atoms with Crippen molar-refractivity contribution < 1.29 is 23.1 Å². The number of carbonyl (C=O) groups excluding carboxylic acids is 1. The Kier molecular flexibility index (Phi) is 6.22. The van der Waals surface area contributed by atoms with Crippen LogP contribution in [0.2, 0.25) is 0 Å². The van der Waals surface area contributed by atoms with Crippen LogP contribution in [0.3, 0.4) is 0 Å². The number of fused-ring (bicyclic) bond motifs is 2. The van der Waals surface area contributed by atoms with E-state index < -0.39 is 23.2 Å². The summed E-state index contributed by atoms with van der Waals surface area (Å²) < 4.78 is 31.3. The molecule has 0 aliphatic carbocycles. The van der Waals surface area contributed by atoms with Gasteiger partial charge in [0.2, 0.25) is 5.76 Å². The van der Waals surface area contributed by atoms with Gasteiger partial charge in [-0.3, -0.25) is 14.5 Å².